The summed E-state index contributed by atoms with van der Waals surface area (Å²) in [6.45, 7) is 1.94. The highest BCUT2D eigenvalue weighted by molar-refractivity contribution is 5.83. The van der Waals surface area contributed by atoms with Crippen molar-refractivity contribution in [2.75, 3.05) is 0 Å². The molecule has 2 unspecified atom stereocenters. The van der Waals surface area contributed by atoms with Gasteiger partial charge in [0.05, 0.1) is 6.10 Å². The first-order valence-electron chi connectivity index (χ1n) is 3.46. The van der Waals surface area contributed by atoms with Gasteiger partial charge in [0.25, 0.3) is 0 Å². The zero-order valence-corrected chi connectivity index (χ0v) is 5.63. The zero-order valence-electron chi connectivity index (χ0n) is 5.63. The van der Waals surface area contributed by atoms with Crippen LogP contribution in [0.25, 0.3) is 0 Å². The van der Waals surface area contributed by atoms with Crippen LogP contribution in [0.5, 0.6) is 0 Å². The topological polar surface area (TPSA) is 37.3 Å². The summed E-state index contributed by atoms with van der Waals surface area (Å²) in [5.41, 5.74) is 0. The van der Waals surface area contributed by atoms with Gasteiger partial charge in [-0.15, -0.1) is 0 Å². The molecule has 1 aliphatic carbocycles. The van der Waals surface area contributed by atoms with E-state index in [0.29, 0.717) is 12.8 Å². The molecule has 2 atom stereocenters. The number of hydrogen-bond donors (Lipinski definition) is 1. The Bertz CT molecular complexity index is 120. The summed E-state index contributed by atoms with van der Waals surface area (Å²) in [5.74, 6) is 0.190. The summed E-state index contributed by atoms with van der Waals surface area (Å²) in [7, 11) is 0. The van der Waals surface area contributed by atoms with Crippen molar-refractivity contribution in [2.24, 2.45) is 5.92 Å². The highest BCUT2D eigenvalue weighted by atomic mass is 16.3. The molecule has 2 heteroatoms. The van der Waals surface area contributed by atoms with E-state index in [2.05, 4.69) is 0 Å². The minimum atomic E-state index is -0.345. The van der Waals surface area contributed by atoms with Crippen molar-refractivity contribution in [2.45, 2.75) is 32.3 Å². The molecule has 0 aromatic rings. The molecule has 1 fully saturated rings. The molecule has 0 heterocycles. The highest BCUT2D eigenvalue weighted by Crippen LogP contribution is 2.24. The normalized spacial score (nSPS) is 35.6. The second-order valence-corrected chi connectivity index (χ2v) is 2.59. The lowest BCUT2D eigenvalue weighted by Gasteiger charge is -2.07. The average molecular weight is 128 g/mol. The van der Waals surface area contributed by atoms with Gasteiger partial charge in [-0.05, 0) is 12.8 Å². The Morgan fingerprint density at radius 2 is 2.44 bits per heavy atom. The lowest BCUT2D eigenvalue weighted by molar-refractivity contribution is -0.122. The van der Waals surface area contributed by atoms with Gasteiger partial charge < -0.3 is 5.11 Å². The summed E-state index contributed by atoms with van der Waals surface area (Å²) < 4.78 is 0. The van der Waals surface area contributed by atoms with Crippen LogP contribution in [-0.4, -0.2) is 17.0 Å². The molecular weight excluding hydrogens is 116 g/mol. The number of Topliss-reactive ketones (excluding diaryl/α,β-unsaturated/α-hetero) is 1. The van der Waals surface area contributed by atoms with Crippen molar-refractivity contribution < 1.29 is 9.90 Å². The Morgan fingerprint density at radius 3 is 2.67 bits per heavy atom. The Labute approximate surface area is 54.9 Å². The predicted molar refractivity (Wildman–Crippen MR) is 34.0 cm³/mol. The Balaban J connectivity index is 2.55. The van der Waals surface area contributed by atoms with Crippen LogP contribution >= 0.6 is 0 Å². The number of aliphatic hydroxyl groups is 1. The van der Waals surface area contributed by atoms with Gasteiger partial charge in [0.15, 0.2) is 0 Å². The molecule has 0 aromatic heterocycles. The smallest absolute Gasteiger partial charge is 0.138 e. The maximum absolute atomic E-state index is 10.9. The fraction of sp³-hybridized carbons (Fsp3) is 0.857. The van der Waals surface area contributed by atoms with Gasteiger partial charge in [0, 0.05) is 12.3 Å². The molecule has 1 N–H and O–H groups in total. The third-order valence-electron chi connectivity index (χ3n) is 2.00. The molecule has 2 nitrogen and oxygen atoms in total. The van der Waals surface area contributed by atoms with Crippen LogP contribution in [-0.2, 0) is 4.79 Å². The van der Waals surface area contributed by atoms with E-state index in [9.17, 15) is 4.79 Å². The van der Waals surface area contributed by atoms with Crippen LogP contribution in [0.3, 0.4) is 0 Å². The number of ketones is 1. The number of aliphatic hydroxyl groups excluding tert-OH is 1. The molecule has 1 saturated carbocycles. The molecule has 0 aliphatic heterocycles. The van der Waals surface area contributed by atoms with E-state index in [1.54, 1.807) is 0 Å². The second kappa shape index (κ2) is 2.48. The van der Waals surface area contributed by atoms with E-state index < -0.39 is 0 Å². The summed E-state index contributed by atoms with van der Waals surface area (Å²) in [5, 5.41) is 9.14. The standard InChI is InChI=1S/C7H12O2/c1-2-5-6(8)3-4-7(5)9/h5-6,8H,2-4H2,1H3. The van der Waals surface area contributed by atoms with E-state index in [1.807, 2.05) is 6.92 Å². The van der Waals surface area contributed by atoms with Crippen molar-refractivity contribution in [1.29, 1.82) is 0 Å². The zero-order chi connectivity index (χ0) is 6.85. The highest BCUT2D eigenvalue weighted by Gasteiger charge is 2.31. The van der Waals surface area contributed by atoms with Crippen LogP contribution in [0.2, 0.25) is 0 Å². The quantitative estimate of drug-likeness (QED) is 0.565. The fourth-order valence-electron chi connectivity index (χ4n) is 1.39. The summed E-state index contributed by atoms with van der Waals surface area (Å²) in [6, 6.07) is 0. The second-order valence-electron chi connectivity index (χ2n) is 2.59. The molecule has 0 spiro atoms. The monoisotopic (exact) mass is 128 g/mol. The molecule has 52 valence electrons. The third kappa shape index (κ3) is 1.13. The van der Waals surface area contributed by atoms with Crippen molar-refractivity contribution in [1.82, 2.24) is 0 Å². The number of hydrogen-bond acceptors (Lipinski definition) is 2. The number of carbonyl (C=O) groups excluding carboxylic acids is 1. The van der Waals surface area contributed by atoms with Gasteiger partial charge in [-0.25, -0.2) is 0 Å². The number of carbonyl (C=O) groups is 1. The van der Waals surface area contributed by atoms with Crippen molar-refractivity contribution in [3.8, 4) is 0 Å². The van der Waals surface area contributed by atoms with Gasteiger partial charge in [0.1, 0.15) is 5.78 Å². The molecule has 0 amide bonds. The molecule has 1 rings (SSSR count). The first-order chi connectivity index (χ1) is 4.25. The minimum absolute atomic E-state index is 0.0509. The van der Waals surface area contributed by atoms with Crippen molar-refractivity contribution >= 4 is 5.78 Å². The van der Waals surface area contributed by atoms with Gasteiger partial charge in [-0.2, -0.15) is 0 Å². The van der Waals surface area contributed by atoms with E-state index in [4.69, 9.17) is 5.11 Å². The fourth-order valence-corrected chi connectivity index (χ4v) is 1.39. The van der Waals surface area contributed by atoms with Crippen LogP contribution in [0.4, 0.5) is 0 Å². The van der Waals surface area contributed by atoms with E-state index >= 15 is 0 Å². The molecule has 0 bridgehead atoms. The Kier molecular flexibility index (Phi) is 1.86. The summed E-state index contributed by atoms with van der Waals surface area (Å²) in [4.78, 5) is 10.9. The third-order valence-corrected chi connectivity index (χ3v) is 2.00. The van der Waals surface area contributed by atoms with E-state index in [1.165, 1.54) is 0 Å². The SMILES string of the molecule is CCC1C(=O)CCC1O. The van der Waals surface area contributed by atoms with Crippen LogP contribution < -0.4 is 0 Å². The maximum atomic E-state index is 10.9. The molecule has 0 saturated heterocycles. The lowest BCUT2D eigenvalue weighted by atomic mass is 10.0. The van der Waals surface area contributed by atoms with Gasteiger partial charge >= 0.3 is 0 Å². The van der Waals surface area contributed by atoms with Crippen LogP contribution in [0.1, 0.15) is 26.2 Å². The minimum Gasteiger partial charge on any atom is -0.392 e. The van der Waals surface area contributed by atoms with Crippen molar-refractivity contribution in [3.63, 3.8) is 0 Å². The molecule has 9 heavy (non-hydrogen) atoms. The van der Waals surface area contributed by atoms with Gasteiger partial charge in [0.2, 0.25) is 0 Å². The molecular formula is C7H12O2. The lowest BCUT2D eigenvalue weighted by Crippen LogP contribution is -2.17. The predicted octanol–water partition coefficient (Wildman–Crippen LogP) is 0.736. The Hall–Kier alpha value is -0.370. The molecule has 1 aliphatic rings. The van der Waals surface area contributed by atoms with Gasteiger partial charge in [-0.3, -0.25) is 4.79 Å². The van der Waals surface area contributed by atoms with Crippen LogP contribution in [0, 0.1) is 5.92 Å². The van der Waals surface area contributed by atoms with Gasteiger partial charge in [-0.1, -0.05) is 6.92 Å². The average Bonchev–Trinajstić information content (AvgIpc) is 2.12. The summed E-state index contributed by atoms with van der Waals surface area (Å²) in [6.07, 6.45) is 1.71. The molecule has 0 aromatic carbocycles. The maximum Gasteiger partial charge on any atom is 0.138 e. The first-order valence-corrected chi connectivity index (χ1v) is 3.46. The van der Waals surface area contributed by atoms with E-state index in [-0.39, 0.29) is 17.8 Å². The largest absolute Gasteiger partial charge is 0.392 e. The van der Waals surface area contributed by atoms with E-state index in [0.717, 1.165) is 6.42 Å². The van der Waals surface area contributed by atoms with Crippen molar-refractivity contribution in [3.05, 3.63) is 0 Å². The molecule has 0 radical (unpaired) electrons. The Morgan fingerprint density at radius 1 is 1.78 bits per heavy atom. The van der Waals surface area contributed by atoms with Crippen LogP contribution in [0.15, 0.2) is 0 Å². The summed E-state index contributed by atoms with van der Waals surface area (Å²) >= 11 is 0. The first kappa shape index (κ1) is 6.75. The number of rotatable bonds is 1.